The Kier molecular flexibility index (Phi) is 5.29. The minimum absolute atomic E-state index is 0.252. The van der Waals surface area contributed by atoms with Gasteiger partial charge in [0.25, 0.3) is 11.9 Å². The highest BCUT2D eigenvalue weighted by molar-refractivity contribution is 6.04. The lowest BCUT2D eigenvalue weighted by Crippen LogP contribution is -2.17. The molecule has 0 aliphatic carbocycles. The number of carbonyl (C=O) groups excluding carboxylic acids is 1. The van der Waals surface area contributed by atoms with E-state index in [2.05, 4.69) is 26.5 Å². The molecule has 0 spiro atoms. The van der Waals surface area contributed by atoms with Gasteiger partial charge in [-0.25, -0.2) is 9.97 Å². The number of benzene rings is 2. The molecule has 0 aliphatic rings. The summed E-state index contributed by atoms with van der Waals surface area (Å²) in [5.41, 5.74) is 4.85. The van der Waals surface area contributed by atoms with E-state index in [0.29, 0.717) is 17.2 Å². The van der Waals surface area contributed by atoms with E-state index in [1.807, 2.05) is 62.4 Å². The van der Waals surface area contributed by atoms with E-state index in [1.165, 1.54) is 4.68 Å². The standard InChI is InChI=1S/C24H20N6O/c1-15-13-16(2)27-24(26-15)30-22(21(14-25)17(3)29-30)28-23(31)20-11-9-19(10-12-20)18-7-5-4-6-8-18/h4-13H,1-3H3,(H,28,31). The predicted molar refractivity (Wildman–Crippen MR) is 118 cm³/mol. The smallest absolute Gasteiger partial charge is 0.256 e. The predicted octanol–water partition coefficient (Wildman–Crippen LogP) is 4.38. The molecule has 31 heavy (non-hydrogen) atoms. The molecule has 0 atom stereocenters. The summed E-state index contributed by atoms with van der Waals surface area (Å²) in [5, 5.41) is 16.8. The van der Waals surface area contributed by atoms with Gasteiger partial charge >= 0.3 is 0 Å². The van der Waals surface area contributed by atoms with Gasteiger partial charge in [0, 0.05) is 17.0 Å². The van der Waals surface area contributed by atoms with Crippen LogP contribution >= 0.6 is 0 Å². The number of nitrogens with one attached hydrogen (secondary N) is 1. The molecule has 0 radical (unpaired) electrons. The molecule has 4 aromatic rings. The van der Waals surface area contributed by atoms with Gasteiger partial charge in [-0.3, -0.25) is 4.79 Å². The summed E-state index contributed by atoms with van der Waals surface area (Å²) in [6, 6.07) is 21.2. The van der Waals surface area contributed by atoms with Gasteiger partial charge in [0.2, 0.25) is 0 Å². The molecule has 1 amide bonds. The third-order valence-corrected chi connectivity index (χ3v) is 4.82. The maximum atomic E-state index is 13.0. The van der Waals surface area contributed by atoms with Gasteiger partial charge in [-0.2, -0.15) is 15.0 Å². The molecule has 0 bridgehead atoms. The monoisotopic (exact) mass is 408 g/mol. The highest BCUT2D eigenvalue weighted by Gasteiger charge is 2.21. The van der Waals surface area contributed by atoms with Crippen LogP contribution in [0.2, 0.25) is 0 Å². The first-order valence-electron chi connectivity index (χ1n) is 9.75. The molecule has 0 aliphatic heterocycles. The van der Waals surface area contributed by atoms with Crippen molar-refractivity contribution in [3.8, 4) is 23.1 Å². The number of carbonyl (C=O) groups is 1. The number of aryl methyl sites for hydroxylation is 3. The van der Waals surface area contributed by atoms with Crippen molar-refractivity contribution in [2.24, 2.45) is 0 Å². The Labute approximate surface area is 180 Å². The van der Waals surface area contributed by atoms with E-state index in [4.69, 9.17) is 0 Å². The number of nitrogens with zero attached hydrogens (tertiary/aromatic N) is 5. The van der Waals surface area contributed by atoms with E-state index in [0.717, 1.165) is 22.5 Å². The second kappa shape index (κ2) is 8.20. The molecule has 0 saturated heterocycles. The van der Waals surface area contributed by atoms with Crippen molar-refractivity contribution in [1.82, 2.24) is 19.7 Å². The molecule has 152 valence electrons. The third kappa shape index (κ3) is 4.05. The minimum Gasteiger partial charge on any atom is -0.305 e. The average molecular weight is 408 g/mol. The second-order valence-corrected chi connectivity index (χ2v) is 7.18. The van der Waals surface area contributed by atoms with Crippen LogP contribution in [-0.4, -0.2) is 25.7 Å². The zero-order chi connectivity index (χ0) is 22.0. The quantitative estimate of drug-likeness (QED) is 0.541. The molecule has 1 N–H and O–H groups in total. The summed E-state index contributed by atoms with van der Waals surface area (Å²) in [6.45, 7) is 5.42. The van der Waals surface area contributed by atoms with Crippen molar-refractivity contribution < 1.29 is 4.79 Å². The molecular weight excluding hydrogens is 388 g/mol. The largest absolute Gasteiger partial charge is 0.305 e. The summed E-state index contributed by atoms with van der Waals surface area (Å²) >= 11 is 0. The number of aromatic nitrogens is 4. The Hall–Kier alpha value is -4.31. The van der Waals surface area contributed by atoms with Crippen LogP contribution in [-0.2, 0) is 0 Å². The summed E-state index contributed by atoms with van der Waals surface area (Å²) in [4.78, 5) is 21.8. The number of hydrogen-bond donors (Lipinski definition) is 1. The van der Waals surface area contributed by atoms with Crippen LogP contribution in [0.15, 0.2) is 60.7 Å². The van der Waals surface area contributed by atoms with Crippen LogP contribution in [0.5, 0.6) is 0 Å². The average Bonchev–Trinajstić information content (AvgIpc) is 3.08. The molecule has 2 aromatic heterocycles. The molecule has 2 aromatic carbocycles. The first-order chi connectivity index (χ1) is 15.0. The molecule has 4 rings (SSSR count). The number of amides is 1. The second-order valence-electron chi connectivity index (χ2n) is 7.18. The number of anilines is 1. The fourth-order valence-corrected chi connectivity index (χ4v) is 3.35. The fraction of sp³-hybridized carbons (Fsp3) is 0.125. The fourth-order valence-electron chi connectivity index (χ4n) is 3.35. The van der Waals surface area contributed by atoms with Gasteiger partial charge < -0.3 is 5.32 Å². The lowest BCUT2D eigenvalue weighted by Gasteiger charge is -2.10. The molecule has 2 heterocycles. The summed E-state index contributed by atoms with van der Waals surface area (Å²) in [7, 11) is 0. The van der Waals surface area contributed by atoms with E-state index >= 15 is 0 Å². The van der Waals surface area contributed by atoms with Crippen LogP contribution in [0.3, 0.4) is 0 Å². The highest BCUT2D eigenvalue weighted by atomic mass is 16.1. The Morgan fingerprint density at radius 3 is 2.16 bits per heavy atom. The van der Waals surface area contributed by atoms with Crippen molar-refractivity contribution >= 4 is 11.7 Å². The summed E-state index contributed by atoms with van der Waals surface area (Å²) < 4.78 is 1.41. The lowest BCUT2D eigenvalue weighted by molar-refractivity contribution is 0.102. The maximum Gasteiger partial charge on any atom is 0.256 e. The molecule has 7 heteroatoms. The lowest BCUT2D eigenvalue weighted by atomic mass is 10.0. The normalized spacial score (nSPS) is 10.5. The van der Waals surface area contributed by atoms with Crippen molar-refractivity contribution in [3.05, 3.63) is 88.9 Å². The molecule has 7 nitrogen and oxygen atoms in total. The van der Waals surface area contributed by atoms with Gasteiger partial charge in [-0.15, -0.1) is 0 Å². The van der Waals surface area contributed by atoms with E-state index in [1.54, 1.807) is 19.1 Å². The summed E-state index contributed by atoms with van der Waals surface area (Å²) in [5.74, 6) is 0.209. The van der Waals surface area contributed by atoms with Crippen LogP contribution in [0.25, 0.3) is 17.1 Å². The van der Waals surface area contributed by atoms with E-state index < -0.39 is 0 Å². The SMILES string of the molecule is Cc1cc(C)nc(-n2nc(C)c(C#N)c2NC(=O)c2ccc(-c3ccccc3)cc2)n1. The Morgan fingerprint density at radius 2 is 1.55 bits per heavy atom. The third-order valence-electron chi connectivity index (χ3n) is 4.82. The van der Waals surface area contributed by atoms with Crippen LogP contribution in [0, 0.1) is 32.1 Å². The van der Waals surface area contributed by atoms with Crippen molar-refractivity contribution in [2.45, 2.75) is 20.8 Å². The number of hydrogen-bond acceptors (Lipinski definition) is 5. The highest BCUT2D eigenvalue weighted by Crippen LogP contribution is 2.24. The van der Waals surface area contributed by atoms with Crippen molar-refractivity contribution in [1.29, 1.82) is 5.26 Å². The Bertz CT molecular complexity index is 1280. The van der Waals surface area contributed by atoms with Crippen LogP contribution < -0.4 is 5.32 Å². The molecular formula is C24H20N6O. The van der Waals surface area contributed by atoms with Gasteiger partial charge in [0.05, 0.1) is 5.69 Å². The van der Waals surface area contributed by atoms with E-state index in [9.17, 15) is 10.1 Å². The number of nitriles is 1. The van der Waals surface area contributed by atoms with Crippen molar-refractivity contribution in [3.63, 3.8) is 0 Å². The molecule has 0 fully saturated rings. The topological polar surface area (TPSA) is 96.5 Å². The number of rotatable bonds is 4. The van der Waals surface area contributed by atoms with Crippen molar-refractivity contribution in [2.75, 3.05) is 5.32 Å². The summed E-state index contributed by atoms with van der Waals surface area (Å²) in [6.07, 6.45) is 0. The Balaban J connectivity index is 1.67. The minimum atomic E-state index is -0.346. The first-order valence-corrected chi connectivity index (χ1v) is 9.75. The zero-order valence-corrected chi connectivity index (χ0v) is 17.4. The van der Waals surface area contributed by atoms with Crippen LogP contribution in [0.4, 0.5) is 5.82 Å². The maximum absolute atomic E-state index is 13.0. The molecule has 0 saturated carbocycles. The van der Waals surface area contributed by atoms with Gasteiger partial charge in [-0.1, -0.05) is 42.5 Å². The first kappa shape index (κ1) is 20.0. The Morgan fingerprint density at radius 1 is 0.935 bits per heavy atom. The zero-order valence-electron chi connectivity index (χ0n) is 17.4. The van der Waals surface area contributed by atoms with Gasteiger partial charge in [0.1, 0.15) is 11.6 Å². The van der Waals surface area contributed by atoms with Gasteiger partial charge in [-0.05, 0) is 50.1 Å². The van der Waals surface area contributed by atoms with Gasteiger partial charge in [0.15, 0.2) is 5.82 Å². The molecule has 0 unspecified atom stereocenters. The van der Waals surface area contributed by atoms with E-state index in [-0.39, 0.29) is 17.3 Å². The van der Waals surface area contributed by atoms with Crippen LogP contribution in [0.1, 0.15) is 33.0 Å².